The van der Waals surface area contributed by atoms with E-state index in [0.717, 1.165) is 11.3 Å². The van der Waals surface area contributed by atoms with Crippen LogP contribution in [0.5, 0.6) is 0 Å². The van der Waals surface area contributed by atoms with Gasteiger partial charge in [0.25, 0.3) is 0 Å². The normalized spacial score (nSPS) is 16.5. The molecule has 6 heteroatoms. The Labute approximate surface area is 164 Å². The van der Waals surface area contributed by atoms with E-state index in [1.54, 1.807) is 29.2 Å². The van der Waals surface area contributed by atoms with Gasteiger partial charge in [0.15, 0.2) is 0 Å². The third kappa shape index (κ3) is 4.22. The molecule has 1 saturated heterocycles. The summed E-state index contributed by atoms with van der Waals surface area (Å²) in [6.45, 7) is 5.08. The van der Waals surface area contributed by atoms with Gasteiger partial charge in [0.1, 0.15) is 5.92 Å². The molecule has 3 N–H and O–H groups in total. The van der Waals surface area contributed by atoms with E-state index in [4.69, 9.17) is 5.73 Å². The van der Waals surface area contributed by atoms with Crippen LogP contribution in [0.15, 0.2) is 48.5 Å². The molecule has 1 aliphatic heterocycles. The average molecular weight is 379 g/mol. The quantitative estimate of drug-likeness (QED) is 0.756. The Morgan fingerprint density at radius 2 is 1.75 bits per heavy atom. The molecular weight excluding hydrogens is 354 g/mol. The minimum absolute atomic E-state index is 0.168. The van der Waals surface area contributed by atoms with Crippen LogP contribution in [0, 0.1) is 5.92 Å². The molecule has 1 fully saturated rings. The van der Waals surface area contributed by atoms with Crippen LogP contribution in [0.3, 0.4) is 0 Å². The van der Waals surface area contributed by atoms with Crippen molar-refractivity contribution in [2.24, 2.45) is 11.7 Å². The molecule has 0 aromatic heterocycles. The minimum Gasteiger partial charge on any atom is -0.366 e. The maximum absolute atomic E-state index is 12.7. The number of hydrogen-bond acceptors (Lipinski definition) is 3. The highest BCUT2D eigenvalue weighted by atomic mass is 16.2. The Morgan fingerprint density at radius 1 is 1.11 bits per heavy atom. The Hall–Kier alpha value is -3.15. The molecule has 6 nitrogen and oxygen atoms in total. The third-order valence-electron chi connectivity index (χ3n) is 5.10. The monoisotopic (exact) mass is 379 g/mol. The van der Waals surface area contributed by atoms with Crippen LogP contribution in [0.4, 0.5) is 5.69 Å². The second-order valence-electron chi connectivity index (χ2n) is 7.36. The number of carbonyl (C=O) groups excluding carboxylic acids is 3. The lowest BCUT2D eigenvalue weighted by Crippen LogP contribution is -2.36. The van der Waals surface area contributed by atoms with E-state index in [1.807, 2.05) is 24.3 Å². The number of benzene rings is 2. The van der Waals surface area contributed by atoms with E-state index in [2.05, 4.69) is 19.2 Å². The molecule has 2 aromatic carbocycles. The molecule has 0 spiro atoms. The molecular formula is C22H25N3O3. The SMILES string of the molecule is CC(C)c1ccc(N2CCC(C(=O)NCc3ccc(C(N)=O)cc3)C2=O)cc1. The van der Waals surface area contributed by atoms with Gasteiger partial charge in [-0.05, 0) is 47.7 Å². The maximum atomic E-state index is 12.7. The molecule has 1 atom stereocenters. The van der Waals surface area contributed by atoms with Crippen LogP contribution < -0.4 is 16.0 Å². The van der Waals surface area contributed by atoms with Gasteiger partial charge in [0.05, 0.1) is 0 Å². The van der Waals surface area contributed by atoms with Crippen LogP contribution in [0.1, 0.15) is 47.7 Å². The Morgan fingerprint density at radius 3 is 2.32 bits per heavy atom. The second kappa shape index (κ2) is 8.25. The van der Waals surface area contributed by atoms with Gasteiger partial charge < -0.3 is 16.0 Å². The van der Waals surface area contributed by atoms with Gasteiger partial charge in [-0.2, -0.15) is 0 Å². The summed E-state index contributed by atoms with van der Waals surface area (Å²) in [5.74, 6) is -1.17. The lowest BCUT2D eigenvalue weighted by Gasteiger charge is -2.18. The second-order valence-corrected chi connectivity index (χ2v) is 7.36. The highest BCUT2D eigenvalue weighted by molar-refractivity contribution is 6.09. The number of nitrogens with zero attached hydrogens (tertiary/aromatic N) is 1. The van der Waals surface area contributed by atoms with E-state index in [0.29, 0.717) is 31.0 Å². The molecule has 0 bridgehead atoms. The topological polar surface area (TPSA) is 92.5 Å². The molecule has 1 unspecified atom stereocenters. The molecule has 3 rings (SSSR count). The first-order valence-corrected chi connectivity index (χ1v) is 9.44. The maximum Gasteiger partial charge on any atom is 0.248 e. The zero-order valence-corrected chi connectivity index (χ0v) is 16.1. The molecule has 3 amide bonds. The van der Waals surface area contributed by atoms with Gasteiger partial charge in [-0.15, -0.1) is 0 Å². The number of hydrogen-bond donors (Lipinski definition) is 2. The number of carbonyl (C=O) groups is 3. The van der Waals surface area contributed by atoms with Crippen molar-refractivity contribution in [1.82, 2.24) is 5.32 Å². The predicted molar refractivity (Wildman–Crippen MR) is 108 cm³/mol. The minimum atomic E-state index is -0.672. The zero-order chi connectivity index (χ0) is 20.3. The van der Waals surface area contributed by atoms with Crippen molar-refractivity contribution < 1.29 is 14.4 Å². The molecule has 28 heavy (non-hydrogen) atoms. The zero-order valence-electron chi connectivity index (χ0n) is 16.1. The molecule has 0 saturated carbocycles. The number of anilines is 1. The van der Waals surface area contributed by atoms with Gasteiger partial charge >= 0.3 is 0 Å². The molecule has 0 radical (unpaired) electrons. The van der Waals surface area contributed by atoms with Crippen molar-refractivity contribution in [2.45, 2.75) is 32.7 Å². The average Bonchev–Trinajstić information content (AvgIpc) is 3.08. The predicted octanol–water partition coefficient (Wildman–Crippen LogP) is 2.58. The number of rotatable bonds is 6. The van der Waals surface area contributed by atoms with Crippen LogP contribution in [0.25, 0.3) is 0 Å². The number of primary amides is 1. The lowest BCUT2D eigenvalue weighted by molar-refractivity contribution is -0.132. The van der Waals surface area contributed by atoms with Crippen molar-refractivity contribution in [3.63, 3.8) is 0 Å². The Balaban J connectivity index is 1.59. The van der Waals surface area contributed by atoms with Gasteiger partial charge in [-0.1, -0.05) is 38.1 Å². The third-order valence-corrected chi connectivity index (χ3v) is 5.10. The van der Waals surface area contributed by atoms with Crippen molar-refractivity contribution in [3.8, 4) is 0 Å². The summed E-state index contributed by atoms with van der Waals surface area (Å²) < 4.78 is 0. The summed E-state index contributed by atoms with van der Waals surface area (Å²) in [4.78, 5) is 38.0. The number of nitrogens with two attached hydrogens (primary N) is 1. The highest BCUT2D eigenvalue weighted by Crippen LogP contribution is 2.27. The lowest BCUT2D eigenvalue weighted by atomic mass is 10.0. The standard InChI is InChI=1S/C22H25N3O3/c1-14(2)16-7-9-18(10-8-16)25-12-11-19(22(25)28)21(27)24-13-15-3-5-17(6-4-15)20(23)26/h3-10,14,19H,11-13H2,1-2H3,(H2,23,26)(H,24,27). The molecule has 0 aliphatic carbocycles. The van der Waals surface area contributed by atoms with Gasteiger partial charge in [0.2, 0.25) is 17.7 Å². The van der Waals surface area contributed by atoms with E-state index in [9.17, 15) is 14.4 Å². The van der Waals surface area contributed by atoms with Crippen molar-refractivity contribution in [2.75, 3.05) is 11.4 Å². The molecule has 1 heterocycles. The van der Waals surface area contributed by atoms with Gasteiger partial charge in [-0.3, -0.25) is 14.4 Å². The largest absolute Gasteiger partial charge is 0.366 e. The first-order chi connectivity index (χ1) is 13.4. The van der Waals surface area contributed by atoms with Crippen molar-refractivity contribution in [3.05, 3.63) is 65.2 Å². The van der Waals surface area contributed by atoms with Crippen LogP contribution in [0.2, 0.25) is 0 Å². The van der Waals surface area contributed by atoms with Crippen LogP contribution in [-0.4, -0.2) is 24.3 Å². The summed E-state index contributed by atoms with van der Waals surface area (Å²) >= 11 is 0. The molecule has 1 aliphatic rings. The van der Waals surface area contributed by atoms with Crippen LogP contribution in [-0.2, 0) is 16.1 Å². The smallest absolute Gasteiger partial charge is 0.248 e. The fourth-order valence-electron chi connectivity index (χ4n) is 3.32. The van der Waals surface area contributed by atoms with E-state index < -0.39 is 11.8 Å². The van der Waals surface area contributed by atoms with Crippen molar-refractivity contribution in [1.29, 1.82) is 0 Å². The summed E-state index contributed by atoms with van der Waals surface area (Å²) in [5.41, 5.74) is 8.51. The number of nitrogens with one attached hydrogen (secondary N) is 1. The van der Waals surface area contributed by atoms with E-state index in [1.165, 1.54) is 5.56 Å². The summed E-state index contributed by atoms with van der Waals surface area (Å²) in [6, 6.07) is 14.6. The molecule has 146 valence electrons. The fraction of sp³-hybridized carbons (Fsp3) is 0.318. The summed E-state index contributed by atoms with van der Waals surface area (Å²) in [6.07, 6.45) is 0.497. The van der Waals surface area contributed by atoms with Crippen LogP contribution >= 0.6 is 0 Å². The van der Waals surface area contributed by atoms with E-state index >= 15 is 0 Å². The first-order valence-electron chi connectivity index (χ1n) is 9.44. The van der Waals surface area contributed by atoms with Gasteiger partial charge in [-0.25, -0.2) is 0 Å². The van der Waals surface area contributed by atoms with Crippen molar-refractivity contribution >= 4 is 23.4 Å². The Bertz CT molecular complexity index is 873. The summed E-state index contributed by atoms with van der Waals surface area (Å²) in [7, 11) is 0. The first kappa shape index (κ1) is 19.6. The fourth-order valence-corrected chi connectivity index (χ4v) is 3.32. The van der Waals surface area contributed by atoms with Gasteiger partial charge in [0, 0.05) is 24.3 Å². The van der Waals surface area contributed by atoms with E-state index in [-0.39, 0.29) is 11.8 Å². The number of amides is 3. The molecule has 2 aromatic rings. The Kier molecular flexibility index (Phi) is 5.78. The highest BCUT2D eigenvalue weighted by Gasteiger charge is 2.37. The summed E-state index contributed by atoms with van der Waals surface area (Å²) in [5, 5.41) is 2.81.